The van der Waals surface area contributed by atoms with E-state index in [1.807, 2.05) is 13.0 Å². The SMILES string of the molecule is CC[C@H](O)c1cnc(-c2cccc(F)c2)s1. The molecule has 2 rings (SSSR count). The standard InChI is InChI=1S/C12H12FNOS/c1-2-10(15)11-7-14-12(16-11)8-4-3-5-9(13)6-8/h3-7,10,15H,2H2,1H3/t10-/m0/s1. The van der Waals surface area contributed by atoms with Crippen LogP contribution in [0.5, 0.6) is 0 Å². The molecule has 1 atom stereocenters. The van der Waals surface area contributed by atoms with E-state index in [1.165, 1.54) is 23.5 Å². The molecule has 2 nitrogen and oxygen atoms in total. The molecule has 0 saturated carbocycles. The van der Waals surface area contributed by atoms with E-state index in [2.05, 4.69) is 4.98 Å². The summed E-state index contributed by atoms with van der Waals surface area (Å²) >= 11 is 1.40. The van der Waals surface area contributed by atoms with E-state index in [4.69, 9.17) is 0 Å². The Morgan fingerprint density at radius 3 is 3.00 bits per heavy atom. The topological polar surface area (TPSA) is 33.1 Å². The maximum Gasteiger partial charge on any atom is 0.123 e. The van der Waals surface area contributed by atoms with E-state index < -0.39 is 6.10 Å². The highest BCUT2D eigenvalue weighted by atomic mass is 32.1. The van der Waals surface area contributed by atoms with Gasteiger partial charge in [0.1, 0.15) is 10.8 Å². The fourth-order valence-electron chi connectivity index (χ4n) is 1.40. The summed E-state index contributed by atoms with van der Waals surface area (Å²) in [6.45, 7) is 1.91. The zero-order valence-corrected chi connectivity index (χ0v) is 9.67. The molecule has 1 aromatic heterocycles. The van der Waals surface area contributed by atoms with Crippen molar-refractivity contribution < 1.29 is 9.50 Å². The molecule has 2 aromatic rings. The number of benzene rings is 1. The number of rotatable bonds is 3. The van der Waals surface area contributed by atoms with Gasteiger partial charge < -0.3 is 5.11 Å². The Bertz CT molecular complexity index is 483. The summed E-state index contributed by atoms with van der Waals surface area (Å²) < 4.78 is 13.0. The van der Waals surface area contributed by atoms with Crippen molar-refractivity contribution >= 4 is 11.3 Å². The Balaban J connectivity index is 2.31. The molecule has 4 heteroatoms. The van der Waals surface area contributed by atoms with Gasteiger partial charge >= 0.3 is 0 Å². The first-order valence-corrected chi connectivity index (χ1v) is 5.92. The van der Waals surface area contributed by atoms with Crippen molar-refractivity contribution in [1.82, 2.24) is 4.98 Å². The Morgan fingerprint density at radius 1 is 1.50 bits per heavy atom. The molecule has 84 valence electrons. The summed E-state index contributed by atoms with van der Waals surface area (Å²) in [5.41, 5.74) is 0.750. The van der Waals surface area contributed by atoms with Crippen LogP contribution in [0, 0.1) is 5.82 Å². The number of aromatic nitrogens is 1. The lowest BCUT2D eigenvalue weighted by atomic mass is 10.2. The zero-order valence-electron chi connectivity index (χ0n) is 8.85. The highest BCUT2D eigenvalue weighted by Gasteiger charge is 2.10. The highest BCUT2D eigenvalue weighted by Crippen LogP contribution is 2.29. The maximum atomic E-state index is 13.0. The second-order valence-electron chi connectivity index (χ2n) is 3.50. The van der Waals surface area contributed by atoms with Crippen molar-refractivity contribution in [2.45, 2.75) is 19.4 Å². The lowest BCUT2D eigenvalue weighted by Gasteiger charge is -2.01. The molecule has 0 aliphatic heterocycles. The van der Waals surface area contributed by atoms with Crippen LogP contribution in [-0.4, -0.2) is 10.1 Å². The number of thiazole rings is 1. The number of aliphatic hydroxyl groups is 1. The number of hydrogen-bond acceptors (Lipinski definition) is 3. The van der Waals surface area contributed by atoms with Gasteiger partial charge in [-0.3, -0.25) is 0 Å². The zero-order chi connectivity index (χ0) is 11.5. The van der Waals surface area contributed by atoms with Gasteiger partial charge in [0.15, 0.2) is 0 Å². The second-order valence-corrected chi connectivity index (χ2v) is 4.56. The van der Waals surface area contributed by atoms with E-state index in [1.54, 1.807) is 12.3 Å². The molecular formula is C12H12FNOS. The molecule has 0 bridgehead atoms. The minimum atomic E-state index is -0.472. The first-order chi connectivity index (χ1) is 7.70. The smallest absolute Gasteiger partial charge is 0.123 e. The Labute approximate surface area is 97.4 Å². The third kappa shape index (κ3) is 2.28. The quantitative estimate of drug-likeness (QED) is 0.887. The van der Waals surface area contributed by atoms with Crippen LogP contribution in [0.1, 0.15) is 24.3 Å². The molecule has 0 fully saturated rings. The number of aliphatic hydroxyl groups excluding tert-OH is 1. The van der Waals surface area contributed by atoms with Crippen molar-refractivity contribution in [3.8, 4) is 10.6 Å². The van der Waals surface area contributed by atoms with Gasteiger partial charge in [0.05, 0.1) is 11.0 Å². The van der Waals surface area contributed by atoms with E-state index in [0.717, 1.165) is 15.4 Å². The number of halogens is 1. The summed E-state index contributed by atoms with van der Waals surface area (Å²) in [6.07, 6.45) is 1.84. The van der Waals surface area contributed by atoms with Gasteiger partial charge in [-0.05, 0) is 18.6 Å². The van der Waals surface area contributed by atoms with Gasteiger partial charge in [0.2, 0.25) is 0 Å². The molecule has 0 saturated heterocycles. The van der Waals surface area contributed by atoms with Gasteiger partial charge in [0.25, 0.3) is 0 Å². The van der Waals surface area contributed by atoms with Crippen LogP contribution in [0.4, 0.5) is 4.39 Å². The molecule has 1 heterocycles. The minimum Gasteiger partial charge on any atom is -0.388 e. The monoisotopic (exact) mass is 237 g/mol. The van der Waals surface area contributed by atoms with Crippen LogP contribution in [0.25, 0.3) is 10.6 Å². The Hall–Kier alpha value is -1.26. The van der Waals surface area contributed by atoms with E-state index in [9.17, 15) is 9.50 Å². The van der Waals surface area contributed by atoms with E-state index >= 15 is 0 Å². The van der Waals surface area contributed by atoms with Crippen molar-refractivity contribution in [2.75, 3.05) is 0 Å². The first kappa shape index (κ1) is 11.2. The van der Waals surface area contributed by atoms with E-state index in [-0.39, 0.29) is 5.82 Å². The van der Waals surface area contributed by atoms with Crippen LogP contribution in [0.15, 0.2) is 30.5 Å². The molecule has 0 radical (unpaired) electrons. The molecule has 0 aliphatic rings. The highest BCUT2D eigenvalue weighted by molar-refractivity contribution is 7.15. The fraction of sp³-hybridized carbons (Fsp3) is 0.250. The molecule has 0 aliphatic carbocycles. The normalized spacial score (nSPS) is 12.7. The summed E-state index contributed by atoms with van der Waals surface area (Å²) in [7, 11) is 0. The molecular weight excluding hydrogens is 225 g/mol. The van der Waals surface area contributed by atoms with Crippen LogP contribution in [0.3, 0.4) is 0 Å². The summed E-state index contributed by atoms with van der Waals surface area (Å²) in [4.78, 5) is 5.01. The van der Waals surface area contributed by atoms with Crippen LogP contribution in [0.2, 0.25) is 0 Å². The van der Waals surface area contributed by atoms with Crippen molar-refractivity contribution in [1.29, 1.82) is 0 Å². The average molecular weight is 237 g/mol. The number of nitrogens with zero attached hydrogens (tertiary/aromatic N) is 1. The van der Waals surface area contributed by atoms with E-state index in [0.29, 0.717) is 6.42 Å². The third-order valence-corrected chi connectivity index (χ3v) is 3.46. The largest absolute Gasteiger partial charge is 0.388 e. The second kappa shape index (κ2) is 4.72. The number of hydrogen-bond donors (Lipinski definition) is 1. The first-order valence-electron chi connectivity index (χ1n) is 5.10. The predicted octanol–water partition coefficient (Wildman–Crippen LogP) is 3.39. The van der Waals surface area contributed by atoms with Gasteiger partial charge in [-0.15, -0.1) is 11.3 Å². The summed E-state index contributed by atoms with van der Waals surface area (Å²) in [5.74, 6) is -0.273. The average Bonchev–Trinajstić information content (AvgIpc) is 2.77. The lowest BCUT2D eigenvalue weighted by Crippen LogP contribution is -1.89. The molecule has 0 amide bonds. The summed E-state index contributed by atoms with van der Waals surface area (Å²) in [5, 5.41) is 10.4. The van der Waals surface area contributed by atoms with Gasteiger partial charge in [-0.2, -0.15) is 0 Å². The van der Waals surface area contributed by atoms with Crippen molar-refractivity contribution in [3.05, 3.63) is 41.2 Å². The Kier molecular flexibility index (Phi) is 3.31. The molecule has 1 aromatic carbocycles. The van der Waals surface area contributed by atoms with Crippen LogP contribution >= 0.6 is 11.3 Å². The fourth-order valence-corrected chi connectivity index (χ4v) is 2.38. The van der Waals surface area contributed by atoms with Gasteiger partial charge in [0, 0.05) is 11.8 Å². The maximum absolute atomic E-state index is 13.0. The van der Waals surface area contributed by atoms with Gasteiger partial charge in [-0.1, -0.05) is 19.1 Å². The molecule has 1 N–H and O–H groups in total. The lowest BCUT2D eigenvalue weighted by molar-refractivity contribution is 0.177. The molecule has 0 spiro atoms. The molecule has 0 unspecified atom stereocenters. The predicted molar refractivity (Wildman–Crippen MR) is 62.8 cm³/mol. The van der Waals surface area contributed by atoms with Crippen LogP contribution in [-0.2, 0) is 0 Å². The third-order valence-electron chi connectivity index (χ3n) is 2.31. The molecule has 16 heavy (non-hydrogen) atoms. The summed E-state index contributed by atoms with van der Waals surface area (Å²) in [6, 6.07) is 6.31. The van der Waals surface area contributed by atoms with Crippen LogP contribution < -0.4 is 0 Å². The van der Waals surface area contributed by atoms with Crippen molar-refractivity contribution in [3.63, 3.8) is 0 Å². The van der Waals surface area contributed by atoms with Crippen molar-refractivity contribution in [2.24, 2.45) is 0 Å². The van der Waals surface area contributed by atoms with Gasteiger partial charge in [-0.25, -0.2) is 9.37 Å². The Morgan fingerprint density at radius 2 is 2.31 bits per heavy atom. The minimum absolute atomic E-state index is 0.273.